The van der Waals surface area contributed by atoms with Crippen LogP contribution in [0.5, 0.6) is 0 Å². The number of benzene rings is 2. The van der Waals surface area contributed by atoms with Gasteiger partial charge in [0, 0.05) is 5.92 Å². The number of hydrogen-bond donors (Lipinski definition) is 1. The Kier molecular flexibility index (Phi) is 8.13. The van der Waals surface area contributed by atoms with Crippen molar-refractivity contribution in [2.45, 2.75) is 71.8 Å². The summed E-state index contributed by atoms with van der Waals surface area (Å²) >= 11 is 0. The number of hydrogen-bond acceptors (Lipinski definition) is 2. The molecule has 0 bridgehead atoms. The molecule has 1 amide bonds. The van der Waals surface area contributed by atoms with Crippen LogP contribution in [0.4, 0.5) is 4.79 Å². The van der Waals surface area contributed by atoms with Crippen molar-refractivity contribution >= 4 is 6.09 Å². The van der Waals surface area contributed by atoms with Crippen molar-refractivity contribution in [3.8, 4) is 11.1 Å². The van der Waals surface area contributed by atoms with Crippen LogP contribution in [-0.4, -0.2) is 18.7 Å². The molecule has 2 aromatic rings. The van der Waals surface area contributed by atoms with E-state index in [-0.39, 0.29) is 18.1 Å². The Bertz CT molecular complexity index is 949. The molecule has 0 aliphatic heterocycles. The molecule has 0 spiro atoms. The van der Waals surface area contributed by atoms with Crippen molar-refractivity contribution < 1.29 is 9.53 Å². The molecule has 0 aromatic heterocycles. The number of fused-ring (bicyclic) bond motifs is 3. The molecule has 2 aliphatic carbocycles. The van der Waals surface area contributed by atoms with E-state index in [1.165, 1.54) is 41.5 Å². The molecular weight excluding hydrogens is 418 g/mol. The van der Waals surface area contributed by atoms with E-state index in [0.29, 0.717) is 18.4 Å². The third-order valence-electron chi connectivity index (χ3n) is 7.91. The fourth-order valence-corrected chi connectivity index (χ4v) is 6.09. The normalized spacial score (nSPS) is 23.0. The van der Waals surface area contributed by atoms with Crippen molar-refractivity contribution in [3.63, 3.8) is 0 Å². The zero-order chi connectivity index (χ0) is 24.1. The predicted molar refractivity (Wildman–Crippen MR) is 141 cm³/mol. The molecule has 1 N–H and O–H groups in total. The number of alkyl carbamates (subject to hydrolysis) is 1. The highest BCUT2D eigenvalue weighted by Gasteiger charge is 2.30. The van der Waals surface area contributed by atoms with Gasteiger partial charge in [-0.2, -0.15) is 0 Å². The van der Waals surface area contributed by atoms with E-state index in [2.05, 4.69) is 93.7 Å². The molecule has 2 aromatic carbocycles. The average Bonchev–Trinajstić information content (AvgIpc) is 3.15. The molecule has 0 saturated heterocycles. The second-order valence-corrected chi connectivity index (χ2v) is 10.7. The Hall–Kier alpha value is -2.55. The fraction of sp³-hybridized carbons (Fsp3) is 0.516. The van der Waals surface area contributed by atoms with Crippen molar-refractivity contribution in [1.82, 2.24) is 5.32 Å². The molecule has 3 nitrogen and oxygen atoms in total. The Labute approximate surface area is 206 Å². The molecule has 0 radical (unpaired) electrons. The Morgan fingerprint density at radius 1 is 1.06 bits per heavy atom. The van der Waals surface area contributed by atoms with Gasteiger partial charge in [0.2, 0.25) is 0 Å². The highest BCUT2D eigenvalue weighted by molar-refractivity contribution is 5.79. The van der Waals surface area contributed by atoms with Crippen LogP contribution in [0.2, 0.25) is 0 Å². The van der Waals surface area contributed by atoms with Gasteiger partial charge < -0.3 is 10.1 Å². The quantitative estimate of drug-likeness (QED) is 0.407. The highest BCUT2D eigenvalue weighted by Crippen LogP contribution is 2.44. The van der Waals surface area contributed by atoms with E-state index < -0.39 is 0 Å². The molecule has 1 fully saturated rings. The highest BCUT2D eigenvalue weighted by atomic mass is 16.5. The minimum atomic E-state index is -0.317. The first-order valence-corrected chi connectivity index (χ1v) is 13.3. The van der Waals surface area contributed by atoms with Gasteiger partial charge in [0.05, 0.1) is 6.04 Å². The summed E-state index contributed by atoms with van der Waals surface area (Å²) in [6.45, 7) is 9.59. The first-order chi connectivity index (χ1) is 16.5. The maximum Gasteiger partial charge on any atom is 0.407 e. The zero-order valence-electron chi connectivity index (χ0n) is 21.3. The van der Waals surface area contributed by atoms with Crippen molar-refractivity contribution in [2.75, 3.05) is 6.61 Å². The van der Waals surface area contributed by atoms with Gasteiger partial charge >= 0.3 is 6.09 Å². The molecule has 4 rings (SSSR count). The van der Waals surface area contributed by atoms with Crippen LogP contribution in [0.1, 0.15) is 76.8 Å². The minimum Gasteiger partial charge on any atom is -0.449 e. The van der Waals surface area contributed by atoms with E-state index in [0.717, 1.165) is 24.7 Å². The molecule has 0 unspecified atom stereocenters. The lowest BCUT2D eigenvalue weighted by atomic mass is 9.70. The maximum absolute atomic E-state index is 12.8. The molecule has 3 heteroatoms. The fourth-order valence-electron chi connectivity index (χ4n) is 6.09. The predicted octanol–water partition coefficient (Wildman–Crippen LogP) is 7.96. The number of rotatable bonds is 8. The Morgan fingerprint density at radius 3 is 2.32 bits per heavy atom. The van der Waals surface area contributed by atoms with Crippen molar-refractivity contribution in [1.29, 1.82) is 0 Å². The van der Waals surface area contributed by atoms with Crippen LogP contribution in [0.15, 0.2) is 60.7 Å². The minimum absolute atomic E-state index is 0.0192. The SMILES string of the molecule is CCC[C@@H](C=C[C@@H]1C[C@H](C)CC[C@H]1C(C)C)NC(=O)OCC1c2ccccc2-c2ccccc21. The zero-order valence-corrected chi connectivity index (χ0v) is 21.3. The number of allylic oxidation sites excluding steroid dienone is 1. The first kappa shape index (κ1) is 24.6. The van der Waals surface area contributed by atoms with E-state index in [9.17, 15) is 4.79 Å². The van der Waals surface area contributed by atoms with Gasteiger partial charge in [-0.15, -0.1) is 0 Å². The van der Waals surface area contributed by atoms with Gasteiger partial charge in [-0.1, -0.05) is 101 Å². The summed E-state index contributed by atoms with van der Waals surface area (Å²) in [6, 6.07) is 16.9. The second kappa shape index (κ2) is 11.3. The van der Waals surface area contributed by atoms with Gasteiger partial charge in [0.25, 0.3) is 0 Å². The van der Waals surface area contributed by atoms with Crippen LogP contribution in [0.3, 0.4) is 0 Å². The number of ether oxygens (including phenoxy) is 1. The summed E-state index contributed by atoms with van der Waals surface area (Å²) in [6.07, 6.45) is 10.2. The molecule has 34 heavy (non-hydrogen) atoms. The number of carbonyl (C=O) groups is 1. The summed E-state index contributed by atoms with van der Waals surface area (Å²) in [4.78, 5) is 12.8. The lowest BCUT2D eigenvalue weighted by molar-refractivity contribution is 0.140. The summed E-state index contributed by atoms with van der Waals surface area (Å²) in [7, 11) is 0. The number of nitrogens with one attached hydrogen (secondary N) is 1. The van der Waals surface area contributed by atoms with Crippen molar-refractivity contribution in [2.24, 2.45) is 23.7 Å². The largest absolute Gasteiger partial charge is 0.449 e. The smallest absolute Gasteiger partial charge is 0.407 e. The Balaban J connectivity index is 1.39. The van der Waals surface area contributed by atoms with E-state index in [1.807, 2.05) is 0 Å². The van der Waals surface area contributed by atoms with Crippen molar-refractivity contribution in [3.05, 3.63) is 71.8 Å². The Morgan fingerprint density at radius 2 is 1.71 bits per heavy atom. The average molecular weight is 460 g/mol. The molecular formula is C31H41NO2. The van der Waals surface area contributed by atoms with E-state index >= 15 is 0 Å². The van der Waals surface area contributed by atoms with Gasteiger partial charge in [0.1, 0.15) is 6.61 Å². The van der Waals surface area contributed by atoms with E-state index in [4.69, 9.17) is 4.74 Å². The molecule has 182 valence electrons. The van der Waals surface area contributed by atoms with Gasteiger partial charge in [-0.05, 0) is 65.2 Å². The third kappa shape index (κ3) is 5.56. The van der Waals surface area contributed by atoms with E-state index in [1.54, 1.807) is 0 Å². The van der Waals surface area contributed by atoms with Crippen LogP contribution in [0, 0.1) is 23.7 Å². The summed E-state index contributed by atoms with van der Waals surface area (Å²) < 4.78 is 5.80. The first-order valence-electron chi connectivity index (χ1n) is 13.3. The lowest BCUT2D eigenvalue weighted by Crippen LogP contribution is -2.35. The summed E-state index contributed by atoms with van der Waals surface area (Å²) in [5.41, 5.74) is 4.99. The van der Waals surface area contributed by atoms with Crippen LogP contribution < -0.4 is 5.32 Å². The monoisotopic (exact) mass is 459 g/mol. The molecule has 1 saturated carbocycles. The lowest BCUT2D eigenvalue weighted by Gasteiger charge is -2.36. The molecule has 4 atom stereocenters. The van der Waals surface area contributed by atoms with Gasteiger partial charge in [0.15, 0.2) is 0 Å². The number of carbonyl (C=O) groups excluding carboxylic acids is 1. The standard InChI is InChI=1S/C31H41NO2/c1-5-10-24(17-16-23-19-22(4)15-18-25(23)21(2)3)32-31(33)34-20-30-28-13-8-6-11-26(28)27-12-7-9-14-29(27)30/h6-9,11-14,16-17,21-25,30H,5,10,15,18-20H2,1-4H3,(H,32,33)/t22-,23-,24+,25+/m1/s1. The maximum atomic E-state index is 12.8. The summed E-state index contributed by atoms with van der Waals surface area (Å²) in [5.74, 6) is 2.91. The van der Waals surface area contributed by atoms with Crippen LogP contribution >= 0.6 is 0 Å². The number of amides is 1. The topological polar surface area (TPSA) is 38.3 Å². The third-order valence-corrected chi connectivity index (χ3v) is 7.91. The van der Waals surface area contributed by atoms with Gasteiger partial charge in [-0.3, -0.25) is 0 Å². The van der Waals surface area contributed by atoms with Crippen LogP contribution in [-0.2, 0) is 4.74 Å². The van der Waals surface area contributed by atoms with Gasteiger partial charge in [-0.25, -0.2) is 4.79 Å². The molecule has 0 heterocycles. The summed E-state index contributed by atoms with van der Waals surface area (Å²) in [5, 5.41) is 3.14. The molecule has 2 aliphatic rings. The van der Waals surface area contributed by atoms with Crippen LogP contribution in [0.25, 0.3) is 11.1 Å². The second-order valence-electron chi connectivity index (χ2n) is 10.7.